The summed E-state index contributed by atoms with van der Waals surface area (Å²) in [6.07, 6.45) is 2.23. The number of nitrogens with zero attached hydrogens (tertiary/aromatic N) is 3. The number of Topliss-reactive ketones (excluding diaryl/α,β-unsaturated/α-hetero) is 1. The van der Waals surface area contributed by atoms with Crippen molar-refractivity contribution in [2.24, 2.45) is 0 Å². The van der Waals surface area contributed by atoms with E-state index in [9.17, 15) is 9.59 Å². The van der Waals surface area contributed by atoms with Crippen LogP contribution in [0.1, 0.15) is 51.7 Å². The normalized spacial score (nSPS) is 12.3. The first-order valence-corrected chi connectivity index (χ1v) is 8.96. The number of ketones is 1. The minimum atomic E-state index is -0.287. The third-order valence-corrected chi connectivity index (χ3v) is 4.99. The SMILES string of the molecule is Cc1cc(C(=O)CCC(=O)N[C@@H](C)c2nnc3ccccn23)c(C)s1. The molecule has 1 amide bonds. The zero-order chi connectivity index (χ0) is 18.0. The van der Waals surface area contributed by atoms with Gasteiger partial charge < -0.3 is 5.32 Å². The first-order valence-electron chi connectivity index (χ1n) is 8.15. The zero-order valence-corrected chi connectivity index (χ0v) is 15.3. The van der Waals surface area contributed by atoms with Gasteiger partial charge in [0.2, 0.25) is 5.91 Å². The van der Waals surface area contributed by atoms with Crippen LogP contribution in [-0.2, 0) is 4.79 Å². The van der Waals surface area contributed by atoms with E-state index in [2.05, 4.69) is 15.5 Å². The summed E-state index contributed by atoms with van der Waals surface area (Å²) < 4.78 is 1.84. The zero-order valence-electron chi connectivity index (χ0n) is 14.4. The fourth-order valence-corrected chi connectivity index (χ4v) is 3.75. The number of pyridine rings is 1. The van der Waals surface area contributed by atoms with Crippen molar-refractivity contribution in [2.45, 2.75) is 39.7 Å². The maximum absolute atomic E-state index is 12.3. The van der Waals surface area contributed by atoms with Crippen LogP contribution in [0.2, 0.25) is 0 Å². The third-order valence-electron chi connectivity index (χ3n) is 4.03. The molecular formula is C18H20N4O2S. The van der Waals surface area contributed by atoms with Gasteiger partial charge in [0.1, 0.15) is 0 Å². The molecule has 6 nitrogen and oxygen atoms in total. The standard InChI is InChI=1S/C18H20N4O2S/c1-11-10-14(13(3)25-11)15(23)7-8-17(24)19-12(2)18-21-20-16-6-4-5-9-22(16)18/h4-6,9-10,12H,7-8H2,1-3H3,(H,19,24)/t12-/m0/s1. The van der Waals surface area contributed by atoms with Crippen molar-refractivity contribution in [1.82, 2.24) is 19.9 Å². The second kappa shape index (κ2) is 7.14. The molecule has 0 fully saturated rings. The monoisotopic (exact) mass is 356 g/mol. The molecule has 3 heterocycles. The molecule has 0 unspecified atom stereocenters. The maximum atomic E-state index is 12.3. The van der Waals surface area contributed by atoms with Crippen molar-refractivity contribution in [3.63, 3.8) is 0 Å². The molecule has 130 valence electrons. The van der Waals surface area contributed by atoms with Crippen LogP contribution in [0.5, 0.6) is 0 Å². The van der Waals surface area contributed by atoms with Gasteiger partial charge >= 0.3 is 0 Å². The highest BCUT2D eigenvalue weighted by atomic mass is 32.1. The molecule has 1 N–H and O–H groups in total. The summed E-state index contributed by atoms with van der Waals surface area (Å²) in [4.78, 5) is 26.6. The van der Waals surface area contributed by atoms with Crippen molar-refractivity contribution in [3.05, 3.63) is 51.6 Å². The average Bonchev–Trinajstić information content (AvgIpc) is 3.15. The number of carbonyl (C=O) groups is 2. The topological polar surface area (TPSA) is 76.4 Å². The van der Waals surface area contributed by atoms with Crippen LogP contribution < -0.4 is 5.32 Å². The summed E-state index contributed by atoms with van der Waals surface area (Å²) in [6, 6.07) is 7.24. The molecule has 0 aliphatic carbocycles. The van der Waals surface area contributed by atoms with Gasteiger partial charge in [-0.05, 0) is 39.0 Å². The molecule has 0 saturated heterocycles. The molecule has 0 aromatic carbocycles. The first-order chi connectivity index (χ1) is 12.0. The molecule has 0 aliphatic heterocycles. The van der Waals surface area contributed by atoms with E-state index in [1.165, 1.54) is 0 Å². The lowest BCUT2D eigenvalue weighted by molar-refractivity contribution is -0.121. The lowest BCUT2D eigenvalue weighted by Crippen LogP contribution is -2.28. The number of nitrogens with one attached hydrogen (secondary N) is 1. The molecule has 0 spiro atoms. The number of aromatic nitrogens is 3. The van der Waals surface area contributed by atoms with Gasteiger partial charge in [-0.3, -0.25) is 14.0 Å². The van der Waals surface area contributed by atoms with Gasteiger partial charge in [0, 0.05) is 34.4 Å². The number of thiophene rings is 1. The van der Waals surface area contributed by atoms with Crippen LogP contribution in [0.3, 0.4) is 0 Å². The Labute approximate surface area is 149 Å². The van der Waals surface area contributed by atoms with Gasteiger partial charge in [-0.2, -0.15) is 0 Å². The largest absolute Gasteiger partial charge is 0.346 e. The lowest BCUT2D eigenvalue weighted by atomic mass is 10.1. The Morgan fingerprint density at radius 2 is 2.04 bits per heavy atom. The van der Waals surface area contributed by atoms with Gasteiger partial charge in [0.15, 0.2) is 17.3 Å². The van der Waals surface area contributed by atoms with Gasteiger partial charge in [-0.15, -0.1) is 21.5 Å². The Hall–Kier alpha value is -2.54. The highest BCUT2D eigenvalue weighted by Gasteiger charge is 2.18. The number of hydrogen-bond acceptors (Lipinski definition) is 5. The summed E-state index contributed by atoms with van der Waals surface area (Å²) in [5, 5.41) is 11.1. The smallest absolute Gasteiger partial charge is 0.221 e. The van der Waals surface area contributed by atoms with E-state index in [0.717, 1.165) is 21.0 Å². The Bertz CT molecular complexity index is 928. The van der Waals surface area contributed by atoms with E-state index in [1.807, 2.05) is 55.6 Å². The lowest BCUT2D eigenvalue weighted by Gasteiger charge is -2.12. The second-order valence-electron chi connectivity index (χ2n) is 6.03. The molecule has 0 radical (unpaired) electrons. The van der Waals surface area contributed by atoms with E-state index in [0.29, 0.717) is 5.82 Å². The maximum Gasteiger partial charge on any atom is 0.221 e. The van der Waals surface area contributed by atoms with Crippen LogP contribution >= 0.6 is 11.3 Å². The summed E-state index contributed by atoms with van der Waals surface area (Å²) in [5.74, 6) is 0.510. The van der Waals surface area contributed by atoms with Crippen molar-refractivity contribution in [1.29, 1.82) is 0 Å². The number of carbonyl (C=O) groups excluding carboxylic acids is 2. The molecule has 1 atom stereocenters. The average molecular weight is 356 g/mol. The van der Waals surface area contributed by atoms with Crippen molar-refractivity contribution < 1.29 is 9.59 Å². The second-order valence-corrected chi connectivity index (χ2v) is 7.49. The van der Waals surface area contributed by atoms with Gasteiger partial charge in [0.25, 0.3) is 0 Å². The quantitative estimate of drug-likeness (QED) is 0.688. The van der Waals surface area contributed by atoms with E-state index >= 15 is 0 Å². The van der Waals surface area contributed by atoms with Crippen LogP contribution in [0, 0.1) is 13.8 Å². The first kappa shape index (κ1) is 17.3. The fourth-order valence-electron chi connectivity index (χ4n) is 2.80. The minimum absolute atomic E-state index is 0.0116. The highest BCUT2D eigenvalue weighted by Crippen LogP contribution is 2.22. The van der Waals surface area contributed by atoms with Crippen LogP contribution in [-0.4, -0.2) is 26.3 Å². The Kier molecular flexibility index (Phi) is 4.94. The van der Waals surface area contributed by atoms with Gasteiger partial charge in [0.05, 0.1) is 6.04 Å². The van der Waals surface area contributed by atoms with E-state index in [-0.39, 0.29) is 30.6 Å². The molecule has 3 aromatic heterocycles. The summed E-state index contributed by atoms with van der Waals surface area (Å²) in [6.45, 7) is 5.77. The fraction of sp³-hybridized carbons (Fsp3) is 0.333. The molecular weight excluding hydrogens is 336 g/mol. The number of aryl methyl sites for hydroxylation is 2. The highest BCUT2D eigenvalue weighted by molar-refractivity contribution is 7.12. The molecule has 25 heavy (non-hydrogen) atoms. The minimum Gasteiger partial charge on any atom is -0.346 e. The number of hydrogen-bond donors (Lipinski definition) is 1. The van der Waals surface area contributed by atoms with Gasteiger partial charge in [-0.25, -0.2) is 0 Å². The van der Waals surface area contributed by atoms with Crippen LogP contribution in [0.4, 0.5) is 0 Å². The molecule has 3 rings (SSSR count). The molecule has 7 heteroatoms. The van der Waals surface area contributed by atoms with Crippen LogP contribution in [0.25, 0.3) is 5.65 Å². The predicted molar refractivity (Wildman–Crippen MR) is 96.9 cm³/mol. The molecule has 0 bridgehead atoms. The number of rotatable bonds is 6. The summed E-state index contributed by atoms with van der Waals surface area (Å²) in [7, 11) is 0. The summed E-state index contributed by atoms with van der Waals surface area (Å²) >= 11 is 1.60. The molecule has 0 aliphatic rings. The predicted octanol–water partition coefficient (Wildman–Crippen LogP) is 3.25. The van der Waals surface area contributed by atoms with Crippen molar-refractivity contribution in [2.75, 3.05) is 0 Å². The van der Waals surface area contributed by atoms with Crippen molar-refractivity contribution >= 4 is 28.7 Å². The number of fused-ring (bicyclic) bond motifs is 1. The Morgan fingerprint density at radius 3 is 2.76 bits per heavy atom. The van der Waals surface area contributed by atoms with Gasteiger partial charge in [-0.1, -0.05) is 6.07 Å². The Balaban J connectivity index is 1.59. The van der Waals surface area contributed by atoms with Crippen molar-refractivity contribution in [3.8, 4) is 0 Å². The van der Waals surface area contributed by atoms with E-state index in [4.69, 9.17) is 0 Å². The molecule has 0 saturated carbocycles. The molecule has 3 aromatic rings. The Morgan fingerprint density at radius 1 is 1.24 bits per heavy atom. The third kappa shape index (κ3) is 3.76. The van der Waals surface area contributed by atoms with E-state index < -0.39 is 0 Å². The van der Waals surface area contributed by atoms with Crippen LogP contribution in [0.15, 0.2) is 30.5 Å². The van der Waals surface area contributed by atoms with E-state index in [1.54, 1.807) is 11.3 Å². The summed E-state index contributed by atoms with van der Waals surface area (Å²) in [5.41, 5.74) is 1.46. The number of amides is 1.